The number of anilines is 1. The van der Waals surface area contributed by atoms with Crippen molar-refractivity contribution in [2.75, 3.05) is 19.0 Å². The average molecular weight is 292 g/mol. The maximum absolute atomic E-state index is 5.94. The molecule has 0 aliphatic rings. The van der Waals surface area contributed by atoms with Crippen LogP contribution in [0.1, 0.15) is 23.7 Å². The van der Waals surface area contributed by atoms with Crippen LogP contribution in [-0.4, -0.2) is 23.7 Å². The van der Waals surface area contributed by atoms with E-state index in [0.717, 1.165) is 28.5 Å². The number of aryl methyl sites for hydroxylation is 1. The number of nitrogens with zero attached hydrogens (tertiary/aromatic N) is 2. The first-order valence-electron chi connectivity index (χ1n) is 6.48. The lowest BCUT2D eigenvalue weighted by Crippen LogP contribution is -2.14. The monoisotopic (exact) mass is 291 g/mol. The van der Waals surface area contributed by atoms with Crippen LogP contribution in [-0.2, 0) is 4.74 Å². The van der Waals surface area contributed by atoms with Gasteiger partial charge in [-0.15, -0.1) is 0 Å². The second-order valence-corrected chi connectivity index (χ2v) is 5.01. The summed E-state index contributed by atoms with van der Waals surface area (Å²) >= 11 is 5.94. The first kappa shape index (κ1) is 14.8. The topological polar surface area (TPSA) is 47.0 Å². The van der Waals surface area contributed by atoms with Crippen LogP contribution in [0.2, 0.25) is 5.02 Å². The molecule has 1 unspecified atom stereocenters. The standard InChI is InChI=1S/C15H18ClN3O/c1-11-9-15(18-10-17-11)19-14(7-8-20-2)12-3-5-13(16)6-4-12/h3-6,9-10,14H,7-8H2,1-2H3,(H,17,18,19). The number of benzene rings is 1. The van der Waals surface area contributed by atoms with Crippen molar-refractivity contribution >= 4 is 17.4 Å². The van der Waals surface area contributed by atoms with Crippen molar-refractivity contribution in [3.63, 3.8) is 0 Å². The van der Waals surface area contributed by atoms with Crippen LogP contribution < -0.4 is 5.32 Å². The van der Waals surface area contributed by atoms with Gasteiger partial charge in [-0.3, -0.25) is 0 Å². The van der Waals surface area contributed by atoms with Crippen molar-refractivity contribution in [1.82, 2.24) is 9.97 Å². The molecule has 2 aromatic rings. The van der Waals surface area contributed by atoms with Crippen molar-refractivity contribution < 1.29 is 4.74 Å². The molecule has 1 aromatic carbocycles. The highest BCUT2D eigenvalue weighted by Crippen LogP contribution is 2.23. The summed E-state index contributed by atoms with van der Waals surface area (Å²) in [4.78, 5) is 8.34. The van der Waals surface area contributed by atoms with E-state index in [4.69, 9.17) is 16.3 Å². The van der Waals surface area contributed by atoms with Gasteiger partial charge in [-0.2, -0.15) is 0 Å². The molecule has 1 N–H and O–H groups in total. The first-order valence-corrected chi connectivity index (χ1v) is 6.86. The van der Waals surface area contributed by atoms with Gasteiger partial charge in [0.15, 0.2) is 0 Å². The van der Waals surface area contributed by atoms with Gasteiger partial charge < -0.3 is 10.1 Å². The van der Waals surface area contributed by atoms with Crippen molar-refractivity contribution in [2.24, 2.45) is 0 Å². The second kappa shape index (κ2) is 7.22. The molecule has 0 aliphatic carbocycles. The van der Waals surface area contributed by atoms with Crippen molar-refractivity contribution in [1.29, 1.82) is 0 Å². The highest BCUT2D eigenvalue weighted by Gasteiger charge is 2.12. The highest BCUT2D eigenvalue weighted by molar-refractivity contribution is 6.30. The molecule has 2 rings (SSSR count). The Balaban J connectivity index is 2.16. The maximum atomic E-state index is 5.94. The Bertz CT molecular complexity index is 545. The van der Waals surface area contributed by atoms with Crippen molar-refractivity contribution in [2.45, 2.75) is 19.4 Å². The molecule has 5 heteroatoms. The molecule has 1 atom stereocenters. The predicted molar refractivity (Wildman–Crippen MR) is 81.1 cm³/mol. The van der Waals surface area contributed by atoms with Crippen LogP contribution in [0.25, 0.3) is 0 Å². The molecule has 0 radical (unpaired) electrons. The van der Waals surface area contributed by atoms with Gasteiger partial charge in [-0.1, -0.05) is 23.7 Å². The Morgan fingerprint density at radius 1 is 1.25 bits per heavy atom. The molecule has 0 saturated heterocycles. The number of ether oxygens (including phenoxy) is 1. The largest absolute Gasteiger partial charge is 0.385 e. The van der Waals surface area contributed by atoms with Crippen molar-refractivity contribution in [3.05, 3.63) is 52.9 Å². The van der Waals surface area contributed by atoms with Gasteiger partial charge in [-0.25, -0.2) is 9.97 Å². The molecule has 0 spiro atoms. The Morgan fingerprint density at radius 2 is 2.00 bits per heavy atom. The molecule has 1 aromatic heterocycles. The normalized spacial score (nSPS) is 12.2. The summed E-state index contributed by atoms with van der Waals surface area (Å²) in [6, 6.07) is 9.87. The van der Waals surface area contributed by atoms with Gasteiger partial charge in [0, 0.05) is 30.5 Å². The van der Waals surface area contributed by atoms with Gasteiger partial charge >= 0.3 is 0 Å². The van der Waals surface area contributed by atoms with Gasteiger partial charge in [-0.05, 0) is 31.0 Å². The summed E-state index contributed by atoms with van der Waals surface area (Å²) in [6.07, 6.45) is 2.41. The van der Waals surface area contributed by atoms with Crippen LogP contribution in [0.3, 0.4) is 0 Å². The fourth-order valence-corrected chi connectivity index (χ4v) is 2.09. The van der Waals surface area contributed by atoms with E-state index < -0.39 is 0 Å². The molecule has 0 saturated carbocycles. The lowest BCUT2D eigenvalue weighted by Gasteiger charge is -2.19. The molecule has 0 aliphatic heterocycles. The lowest BCUT2D eigenvalue weighted by molar-refractivity contribution is 0.190. The van der Waals surface area contributed by atoms with E-state index in [1.165, 1.54) is 0 Å². The molecule has 106 valence electrons. The first-order chi connectivity index (χ1) is 9.69. The maximum Gasteiger partial charge on any atom is 0.130 e. The summed E-state index contributed by atoms with van der Waals surface area (Å²) in [5.41, 5.74) is 2.09. The predicted octanol–water partition coefficient (Wildman–Crippen LogP) is 3.63. The number of aromatic nitrogens is 2. The quantitative estimate of drug-likeness (QED) is 0.883. The second-order valence-electron chi connectivity index (χ2n) is 4.57. The fraction of sp³-hybridized carbons (Fsp3) is 0.333. The minimum atomic E-state index is 0.126. The number of hydrogen-bond acceptors (Lipinski definition) is 4. The number of halogens is 1. The SMILES string of the molecule is COCCC(Nc1cc(C)ncn1)c1ccc(Cl)cc1. The van der Waals surface area contributed by atoms with Crippen LogP contribution in [0.15, 0.2) is 36.7 Å². The van der Waals surface area contributed by atoms with Crippen molar-refractivity contribution in [3.8, 4) is 0 Å². The van der Waals surface area contributed by atoms with E-state index in [2.05, 4.69) is 15.3 Å². The third-order valence-corrected chi connectivity index (χ3v) is 3.26. The molecule has 0 amide bonds. The summed E-state index contributed by atoms with van der Waals surface area (Å²) in [6.45, 7) is 2.61. The van der Waals surface area contributed by atoms with E-state index in [1.807, 2.05) is 37.3 Å². The smallest absolute Gasteiger partial charge is 0.130 e. The van der Waals surface area contributed by atoms with E-state index in [1.54, 1.807) is 13.4 Å². The average Bonchev–Trinajstić information content (AvgIpc) is 2.44. The van der Waals surface area contributed by atoms with Gasteiger partial charge in [0.1, 0.15) is 12.1 Å². The number of methoxy groups -OCH3 is 1. The summed E-state index contributed by atoms with van der Waals surface area (Å²) in [5.74, 6) is 0.813. The highest BCUT2D eigenvalue weighted by atomic mass is 35.5. The Morgan fingerprint density at radius 3 is 2.65 bits per heavy atom. The Labute approximate surface area is 124 Å². The van der Waals surface area contributed by atoms with E-state index in [0.29, 0.717) is 6.61 Å². The van der Waals surface area contributed by atoms with Gasteiger partial charge in [0.25, 0.3) is 0 Å². The molecule has 0 fully saturated rings. The summed E-state index contributed by atoms with van der Waals surface area (Å²) < 4.78 is 5.18. The minimum absolute atomic E-state index is 0.126. The molecule has 0 bridgehead atoms. The molecular weight excluding hydrogens is 274 g/mol. The zero-order chi connectivity index (χ0) is 14.4. The number of rotatable bonds is 6. The fourth-order valence-electron chi connectivity index (χ4n) is 1.96. The Hall–Kier alpha value is -1.65. The molecule has 1 heterocycles. The van der Waals surface area contributed by atoms with E-state index in [-0.39, 0.29) is 6.04 Å². The van der Waals surface area contributed by atoms with Crippen LogP contribution >= 0.6 is 11.6 Å². The number of hydrogen-bond donors (Lipinski definition) is 1. The zero-order valence-corrected chi connectivity index (χ0v) is 12.4. The summed E-state index contributed by atoms with van der Waals surface area (Å²) in [7, 11) is 1.70. The Kier molecular flexibility index (Phi) is 5.32. The third kappa shape index (κ3) is 4.18. The van der Waals surface area contributed by atoms with Crippen LogP contribution in [0.4, 0.5) is 5.82 Å². The summed E-state index contributed by atoms with van der Waals surface area (Å²) in [5, 5.41) is 4.15. The van der Waals surface area contributed by atoms with Crippen LogP contribution in [0.5, 0.6) is 0 Å². The van der Waals surface area contributed by atoms with Gasteiger partial charge in [0.05, 0.1) is 6.04 Å². The lowest BCUT2D eigenvalue weighted by atomic mass is 10.0. The van der Waals surface area contributed by atoms with E-state index in [9.17, 15) is 0 Å². The zero-order valence-electron chi connectivity index (χ0n) is 11.6. The van der Waals surface area contributed by atoms with Crippen LogP contribution in [0, 0.1) is 6.92 Å². The molecular formula is C15H18ClN3O. The third-order valence-electron chi connectivity index (χ3n) is 3.01. The minimum Gasteiger partial charge on any atom is -0.385 e. The van der Waals surface area contributed by atoms with E-state index >= 15 is 0 Å². The molecule has 20 heavy (non-hydrogen) atoms. The number of nitrogens with one attached hydrogen (secondary N) is 1. The molecule has 4 nitrogen and oxygen atoms in total. The van der Waals surface area contributed by atoms with Gasteiger partial charge in [0.2, 0.25) is 0 Å².